The summed E-state index contributed by atoms with van der Waals surface area (Å²) >= 11 is 5.49. The second-order valence-electron chi connectivity index (χ2n) is 5.50. The lowest BCUT2D eigenvalue weighted by Crippen LogP contribution is -2.49. The van der Waals surface area contributed by atoms with Crippen LogP contribution in [0.1, 0.15) is 29.5 Å². The third kappa shape index (κ3) is 2.30. The Balaban J connectivity index is 1.97. The van der Waals surface area contributed by atoms with Gasteiger partial charge in [-0.25, -0.2) is 0 Å². The number of nitrogens with zero attached hydrogens (tertiary/aromatic N) is 1. The van der Waals surface area contributed by atoms with E-state index in [1.165, 1.54) is 11.1 Å². The Morgan fingerprint density at radius 3 is 2.58 bits per heavy atom. The van der Waals surface area contributed by atoms with Crippen molar-refractivity contribution in [1.29, 1.82) is 0 Å². The summed E-state index contributed by atoms with van der Waals surface area (Å²) in [6.45, 7) is 6.25. The molecule has 19 heavy (non-hydrogen) atoms. The SMILES string of the molecule is Cc1ccc(C2=NC3(CCNCC3)NC2=S)cc1C. The van der Waals surface area contributed by atoms with Gasteiger partial charge in [-0.05, 0) is 44.1 Å². The number of thiocarbonyl (C=S) groups is 1. The van der Waals surface area contributed by atoms with Crippen LogP contribution in [-0.2, 0) is 0 Å². The molecule has 2 aliphatic rings. The first-order valence-corrected chi connectivity index (χ1v) is 7.21. The molecule has 0 unspecified atom stereocenters. The summed E-state index contributed by atoms with van der Waals surface area (Å²) in [6, 6.07) is 6.45. The molecule has 0 aromatic heterocycles. The quantitative estimate of drug-likeness (QED) is 0.769. The highest BCUT2D eigenvalue weighted by molar-refractivity contribution is 7.82. The third-order valence-corrected chi connectivity index (χ3v) is 4.39. The summed E-state index contributed by atoms with van der Waals surface area (Å²) in [6.07, 6.45) is 2.00. The van der Waals surface area contributed by atoms with Crippen molar-refractivity contribution in [3.8, 4) is 0 Å². The second-order valence-corrected chi connectivity index (χ2v) is 5.90. The van der Waals surface area contributed by atoms with E-state index < -0.39 is 0 Å². The molecule has 1 spiro atoms. The molecule has 3 nitrogen and oxygen atoms in total. The first kappa shape index (κ1) is 12.8. The summed E-state index contributed by atoms with van der Waals surface area (Å²) in [4.78, 5) is 5.72. The summed E-state index contributed by atoms with van der Waals surface area (Å²) in [5, 5.41) is 6.81. The zero-order valence-corrected chi connectivity index (χ0v) is 12.2. The molecular formula is C15H19N3S. The van der Waals surface area contributed by atoms with Gasteiger partial charge in [0.2, 0.25) is 0 Å². The van der Waals surface area contributed by atoms with E-state index in [0.717, 1.165) is 42.2 Å². The highest BCUT2D eigenvalue weighted by Gasteiger charge is 2.38. The number of rotatable bonds is 1. The zero-order chi connectivity index (χ0) is 13.5. The van der Waals surface area contributed by atoms with E-state index in [0.29, 0.717) is 0 Å². The Labute approximate surface area is 119 Å². The van der Waals surface area contributed by atoms with Gasteiger partial charge in [-0.2, -0.15) is 0 Å². The maximum absolute atomic E-state index is 5.49. The summed E-state index contributed by atoms with van der Waals surface area (Å²) < 4.78 is 0. The van der Waals surface area contributed by atoms with Crippen LogP contribution in [0.3, 0.4) is 0 Å². The van der Waals surface area contributed by atoms with E-state index in [9.17, 15) is 0 Å². The van der Waals surface area contributed by atoms with Gasteiger partial charge in [0.05, 0.1) is 0 Å². The van der Waals surface area contributed by atoms with Gasteiger partial charge in [0.1, 0.15) is 16.4 Å². The van der Waals surface area contributed by atoms with Gasteiger partial charge in [0, 0.05) is 18.4 Å². The molecule has 0 saturated carbocycles. The first-order valence-electron chi connectivity index (χ1n) is 6.80. The minimum Gasteiger partial charge on any atom is -0.350 e. The predicted octanol–water partition coefficient (Wildman–Crippen LogP) is 2.10. The molecule has 3 rings (SSSR count). The van der Waals surface area contributed by atoms with E-state index in [4.69, 9.17) is 17.2 Å². The maximum Gasteiger partial charge on any atom is 0.133 e. The molecular weight excluding hydrogens is 254 g/mol. The average Bonchev–Trinajstić information content (AvgIpc) is 2.70. The molecule has 0 atom stereocenters. The van der Waals surface area contributed by atoms with Crippen molar-refractivity contribution < 1.29 is 0 Å². The number of aryl methyl sites for hydroxylation is 2. The van der Waals surface area contributed by atoms with Crippen molar-refractivity contribution >= 4 is 22.9 Å². The highest BCUT2D eigenvalue weighted by Crippen LogP contribution is 2.27. The molecule has 1 aromatic rings. The van der Waals surface area contributed by atoms with E-state index >= 15 is 0 Å². The van der Waals surface area contributed by atoms with Crippen molar-refractivity contribution in [3.63, 3.8) is 0 Å². The number of hydrogen-bond acceptors (Lipinski definition) is 3. The molecule has 2 heterocycles. The molecule has 0 aliphatic carbocycles. The topological polar surface area (TPSA) is 36.4 Å². The largest absolute Gasteiger partial charge is 0.350 e. The standard InChI is InChI=1S/C15H19N3S/c1-10-3-4-12(9-11(10)2)13-14(19)18-15(17-13)5-7-16-8-6-15/h3-4,9,16H,5-8H2,1-2H3,(H,18,19). The Morgan fingerprint density at radius 1 is 1.16 bits per heavy atom. The van der Waals surface area contributed by atoms with Gasteiger partial charge >= 0.3 is 0 Å². The molecule has 0 radical (unpaired) electrons. The second kappa shape index (κ2) is 4.69. The summed E-state index contributed by atoms with van der Waals surface area (Å²) in [5.74, 6) is 0. The molecule has 2 aliphatic heterocycles. The minimum atomic E-state index is -0.156. The Kier molecular flexibility index (Phi) is 3.15. The lowest BCUT2D eigenvalue weighted by Gasteiger charge is -2.31. The molecule has 1 fully saturated rings. The molecule has 100 valence electrons. The molecule has 1 aromatic carbocycles. The van der Waals surface area contributed by atoms with E-state index in [1.807, 2.05) is 0 Å². The average molecular weight is 273 g/mol. The van der Waals surface area contributed by atoms with Crippen molar-refractivity contribution in [1.82, 2.24) is 10.6 Å². The first-order chi connectivity index (χ1) is 9.10. The van der Waals surface area contributed by atoms with Crippen LogP contribution >= 0.6 is 12.2 Å². The number of aliphatic imine (C=N–C) groups is 1. The van der Waals surface area contributed by atoms with E-state index in [-0.39, 0.29) is 5.66 Å². The highest BCUT2D eigenvalue weighted by atomic mass is 32.1. The summed E-state index contributed by atoms with van der Waals surface area (Å²) in [7, 11) is 0. The van der Waals surface area contributed by atoms with Gasteiger partial charge in [-0.15, -0.1) is 0 Å². The smallest absolute Gasteiger partial charge is 0.133 e. The van der Waals surface area contributed by atoms with Crippen molar-refractivity contribution in [2.45, 2.75) is 32.4 Å². The van der Waals surface area contributed by atoms with Crippen molar-refractivity contribution in [2.75, 3.05) is 13.1 Å². The third-order valence-electron chi connectivity index (χ3n) is 4.10. The van der Waals surface area contributed by atoms with Crippen molar-refractivity contribution in [3.05, 3.63) is 34.9 Å². The fraction of sp³-hybridized carbons (Fsp3) is 0.467. The number of hydrogen-bond donors (Lipinski definition) is 2. The van der Waals surface area contributed by atoms with E-state index in [1.54, 1.807) is 0 Å². The van der Waals surface area contributed by atoms with Gasteiger partial charge in [-0.1, -0.05) is 24.4 Å². The fourth-order valence-corrected chi connectivity index (χ4v) is 3.08. The number of benzene rings is 1. The Bertz CT molecular complexity index is 557. The fourth-order valence-electron chi connectivity index (χ4n) is 2.72. The van der Waals surface area contributed by atoms with Gasteiger partial charge < -0.3 is 10.6 Å². The van der Waals surface area contributed by atoms with Gasteiger partial charge in [0.25, 0.3) is 0 Å². The van der Waals surface area contributed by atoms with Gasteiger partial charge in [-0.3, -0.25) is 4.99 Å². The Hall–Kier alpha value is -1.26. The normalized spacial score (nSPS) is 21.4. The van der Waals surface area contributed by atoms with Crippen LogP contribution in [0.2, 0.25) is 0 Å². The van der Waals surface area contributed by atoms with E-state index in [2.05, 4.69) is 42.7 Å². The summed E-state index contributed by atoms with van der Waals surface area (Å²) in [5.41, 5.74) is 4.53. The minimum absolute atomic E-state index is 0.156. The lowest BCUT2D eigenvalue weighted by atomic mass is 10.00. The monoisotopic (exact) mass is 273 g/mol. The maximum atomic E-state index is 5.49. The number of piperidine rings is 1. The van der Waals surface area contributed by atoms with Gasteiger partial charge in [0.15, 0.2) is 0 Å². The lowest BCUT2D eigenvalue weighted by molar-refractivity contribution is 0.300. The molecule has 0 bridgehead atoms. The Morgan fingerprint density at radius 2 is 1.89 bits per heavy atom. The van der Waals surface area contributed by atoms with Crippen LogP contribution in [0, 0.1) is 13.8 Å². The molecule has 4 heteroatoms. The predicted molar refractivity (Wildman–Crippen MR) is 83.0 cm³/mol. The molecule has 2 N–H and O–H groups in total. The number of nitrogens with one attached hydrogen (secondary N) is 2. The molecule has 0 amide bonds. The van der Waals surface area contributed by atoms with Crippen molar-refractivity contribution in [2.24, 2.45) is 4.99 Å². The molecule has 1 saturated heterocycles. The van der Waals surface area contributed by atoms with Crippen LogP contribution < -0.4 is 10.6 Å². The van der Waals surface area contributed by atoms with Crippen LogP contribution in [0.25, 0.3) is 0 Å². The van der Waals surface area contributed by atoms with Crippen LogP contribution in [0.15, 0.2) is 23.2 Å². The van der Waals surface area contributed by atoms with Crippen LogP contribution in [0.5, 0.6) is 0 Å². The van der Waals surface area contributed by atoms with Crippen LogP contribution in [-0.4, -0.2) is 29.5 Å². The van der Waals surface area contributed by atoms with Crippen LogP contribution in [0.4, 0.5) is 0 Å². The zero-order valence-electron chi connectivity index (χ0n) is 11.4.